The molecule has 0 aliphatic carbocycles. The molecule has 1 atom stereocenters. The van der Waals surface area contributed by atoms with Gasteiger partial charge in [-0.3, -0.25) is 4.79 Å². The zero-order chi connectivity index (χ0) is 12.4. The van der Waals surface area contributed by atoms with Crippen molar-refractivity contribution < 1.29 is 28.5 Å². The molecule has 6 heteroatoms. The average molecular weight is 234 g/mol. The van der Waals surface area contributed by atoms with Crippen molar-refractivity contribution in [2.75, 3.05) is 19.8 Å². The van der Waals surface area contributed by atoms with Gasteiger partial charge in [-0.25, -0.2) is 4.79 Å². The first-order valence-corrected chi connectivity index (χ1v) is 5.14. The number of ether oxygens (including phenoxy) is 4. The second-order valence-electron chi connectivity index (χ2n) is 2.84. The van der Waals surface area contributed by atoms with Gasteiger partial charge in [-0.05, 0) is 20.8 Å². The molecule has 1 unspecified atom stereocenters. The largest absolute Gasteiger partial charge is 0.458 e. The summed E-state index contributed by atoms with van der Waals surface area (Å²) in [5, 5.41) is 0. The van der Waals surface area contributed by atoms with E-state index in [-0.39, 0.29) is 13.1 Å². The van der Waals surface area contributed by atoms with Gasteiger partial charge in [0.05, 0.1) is 0 Å². The van der Waals surface area contributed by atoms with E-state index < -0.39 is 18.4 Å². The van der Waals surface area contributed by atoms with Gasteiger partial charge < -0.3 is 18.9 Å². The summed E-state index contributed by atoms with van der Waals surface area (Å²) in [6.07, 6.45) is -1.50. The molecule has 0 aromatic rings. The minimum Gasteiger partial charge on any atom is -0.458 e. The van der Waals surface area contributed by atoms with Crippen LogP contribution in [-0.4, -0.2) is 44.7 Å². The standard InChI is InChI=1S/C10H18O6/c1-4-13-9(14-5-2)6-15-10(12)8(3)16-7-11/h7-9H,4-6H2,1-3H3. The van der Waals surface area contributed by atoms with E-state index in [0.717, 1.165) is 0 Å². The molecule has 0 spiro atoms. The maximum absolute atomic E-state index is 11.2. The fourth-order valence-electron chi connectivity index (χ4n) is 0.923. The molecule has 0 heterocycles. The average Bonchev–Trinajstić information content (AvgIpc) is 2.26. The van der Waals surface area contributed by atoms with Gasteiger partial charge in [0.25, 0.3) is 6.47 Å². The van der Waals surface area contributed by atoms with E-state index in [1.54, 1.807) is 0 Å². The van der Waals surface area contributed by atoms with Crippen LogP contribution in [0.15, 0.2) is 0 Å². The first-order valence-electron chi connectivity index (χ1n) is 5.14. The van der Waals surface area contributed by atoms with Crippen molar-refractivity contribution in [3.63, 3.8) is 0 Å². The van der Waals surface area contributed by atoms with Gasteiger partial charge in [0.1, 0.15) is 6.61 Å². The molecular weight excluding hydrogens is 216 g/mol. The van der Waals surface area contributed by atoms with Crippen molar-refractivity contribution in [1.29, 1.82) is 0 Å². The Morgan fingerprint density at radius 2 is 1.81 bits per heavy atom. The molecule has 0 aromatic carbocycles. The highest BCUT2D eigenvalue weighted by atomic mass is 16.7. The Morgan fingerprint density at radius 1 is 1.25 bits per heavy atom. The molecule has 0 fully saturated rings. The summed E-state index contributed by atoms with van der Waals surface area (Å²) in [5.41, 5.74) is 0. The Kier molecular flexibility index (Phi) is 8.46. The summed E-state index contributed by atoms with van der Waals surface area (Å²) in [4.78, 5) is 21.2. The van der Waals surface area contributed by atoms with Gasteiger partial charge in [0.15, 0.2) is 12.4 Å². The number of carbonyl (C=O) groups excluding carboxylic acids is 2. The second-order valence-corrected chi connectivity index (χ2v) is 2.84. The molecule has 16 heavy (non-hydrogen) atoms. The lowest BCUT2D eigenvalue weighted by Crippen LogP contribution is -2.29. The molecule has 0 rings (SSSR count). The lowest BCUT2D eigenvalue weighted by Gasteiger charge is -2.17. The summed E-state index contributed by atoms with van der Waals surface area (Å²) in [5.74, 6) is -0.628. The fraction of sp³-hybridized carbons (Fsp3) is 0.800. The van der Waals surface area contributed by atoms with Crippen molar-refractivity contribution in [3.05, 3.63) is 0 Å². The van der Waals surface area contributed by atoms with Crippen LogP contribution in [0.4, 0.5) is 0 Å². The Hall–Kier alpha value is -1.14. The number of hydrogen-bond acceptors (Lipinski definition) is 6. The Labute approximate surface area is 94.8 Å². The minimum atomic E-state index is -0.915. The molecule has 0 aliphatic rings. The topological polar surface area (TPSA) is 71.1 Å². The van der Waals surface area contributed by atoms with E-state index in [9.17, 15) is 9.59 Å². The van der Waals surface area contributed by atoms with Crippen LogP contribution in [0.2, 0.25) is 0 Å². The van der Waals surface area contributed by atoms with E-state index in [4.69, 9.17) is 14.2 Å². The maximum Gasteiger partial charge on any atom is 0.347 e. The van der Waals surface area contributed by atoms with Crippen molar-refractivity contribution in [3.8, 4) is 0 Å². The number of rotatable bonds is 9. The molecule has 0 N–H and O–H groups in total. The van der Waals surface area contributed by atoms with Gasteiger partial charge in [-0.1, -0.05) is 0 Å². The Balaban J connectivity index is 3.89. The highest BCUT2D eigenvalue weighted by molar-refractivity contribution is 5.75. The predicted octanol–water partition coefficient (Wildman–Crippen LogP) is 0.490. The van der Waals surface area contributed by atoms with Crippen LogP contribution >= 0.6 is 0 Å². The van der Waals surface area contributed by atoms with Crippen LogP contribution in [0, 0.1) is 0 Å². The zero-order valence-electron chi connectivity index (χ0n) is 9.80. The van der Waals surface area contributed by atoms with E-state index in [2.05, 4.69) is 4.74 Å². The molecule has 94 valence electrons. The molecule has 0 amide bonds. The molecule has 0 radical (unpaired) electrons. The molecule has 0 aliphatic heterocycles. The molecule has 0 saturated heterocycles. The van der Waals surface area contributed by atoms with Crippen molar-refractivity contribution in [2.24, 2.45) is 0 Å². The fourth-order valence-corrected chi connectivity index (χ4v) is 0.923. The van der Waals surface area contributed by atoms with Crippen LogP contribution in [0.1, 0.15) is 20.8 Å². The maximum atomic E-state index is 11.2. The number of hydrogen-bond donors (Lipinski definition) is 0. The highest BCUT2D eigenvalue weighted by Gasteiger charge is 2.18. The molecule has 0 aromatic heterocycles. The van der Waals surface area contributed by atoms with Gasteiger partial charge in [0, 0.05) is 13.2 Å². The van der Waals surface area contributed by atoms with Gasteiger partial charge in [-0.2, -0.15) is 0 Å². The molecule has 6 nitrogen and oxygen atoms in total. The third-order valence-electron chi connectivity index (χ3n) is 1.66. The molecule has 0 bridgehead atoms. The smallest absolute Gasteiger partial charge is 0.347 e. The summed E-state index contributed by atoms with van der Waals surface area (Å²) in [7, 11) is 0. The predicted molar refractivity (Wildman–Crippen MR) is 54.6 cm³/mol. The normalized spacial score (nSPS) is 12.2. The summed E-state index contributed by atoms with van der Waals surface area (Å²) in [6.45, 7) is 6.15. The van der Waals surface area contributed by atoms with E-state index in [1.165, 1.54) is 6.92 Å². The molecule has 0 saturated carbocycles. The van der Waals surface area contributed by atoms with Crippen LogP contribution in [0.5, 0.6) is 0 Å². The first-order chi connectivity index (χ1) is 7.65. The SMILES string of the molecule is CCOC(COC(=O)C(C)OC=O)OCC. The van der Waals surface area contributed by atoms with Crippen molar-refractivity contribution >= 4 is 12.4 Å². The third kappa shape index (κ3) is 6.36. The van der Waals surface area contributed by atoms with Crippen LogP contribution in [0.25, 0.3) is 0 Å². The lowest BCUT2D eigenvalue weighted by molar-refractivity contribution is -0.186. The first kappa shape index (κ1) is 14.9. The zero-order valence-corrected chi connectivity index (χ0v) is 9.80. The van der Waals surface area contributed by atoms with Crippen molar-refractivity contribution in [2.45, 2.75) is 33.2 Å². The van der Waals surface area contributed by atoms with Gasteiger partial charge in [0.2, 0.25) is 0 Å². The quantitative estimate of drug-likeness (QED) is 0.328. The minimum absolute atomic E-state index is 0.0208. The lowest BCUT2D eigenvalue weighted by atomic mass is 10.4. The van der Waals surface area contributed by atoms with E-state index in [0.29, 0.717) is 13.2 Å². The van der Waals surface area contributed by atoms with E-state index >= 15 is 0 Å². The Bertz CT molecular complexity index is 199. The summed E-state index contributed by atoms with van der Waals surface area (Å²) in [6, 6.07) is 0. The van der Waals surface area contributed by atoms with Crippen LogP contribution in [-0.2, 0) is 28.5 Å². The summed E-state index contributed by atoms with van der Waals surface area (Å²) < 4.78 is 19.6. The number of esters is 1. The Morgan fingerprint density at radius 3 is 2.25 bits per heavy atom. The van der Waals surface area contributed by atoms with Crippen LogP contribution in [0.3, 0.4) is 0 Å². The monoisotopic (exact) mass is 234 g/mol. The van der Waals surface area contributed by atoms with Gasteiger partial charge >= 0.3 is 5.97 Å². The summed E-state index contributed by atoms with van der Waals surface area (Å²) >= 11 is 0. The van der Waals surface area contributed by atoms with Gasteiger partial charge in [-0.15, -0.1) is 0 Å². The third-order valence-corrected chi connectivity index (χ3v) is 1.66. The second kappa shape index (κ2) is 9.11. The van der Waals surface area contributed by atoms with E-state index in [1.807, 2.05) is 13.8 Å². The highest BCUT2D eigenvalue weighted by Crippen LogP contribution is 1.99. The van der Waals surface area contributed by atoms with Crippen molar-refractivity contribution in [1.82, 2.24) is 0 Å². The van der Waals surface area contributed by atoms with Crippen LogP contribution < -0.4 is 0 Å². The molecular formula is C10H18O6. The number of carbonyl (C=O) groups is 2.